The van der Waals surface area contributed by atoms with Crippen molar-refractivity contribution in [2.45, 2.75) is 6.42 Å². The fourth-order valence-electron chi connectivity index (χ4n) is 1.91. The molecule has 0 spiro atoms. The van der Waals surface area contributed by atoms with Gasteiger partial charge in [0, 0.05) is 0 Å². The van der Waals surface area contributed by atoms with E-state index in [-0.39, 0.29) is 0 Å². The fourth-order valence-corrected chi connectivity index (χ4v) is 2.71. The predicted molar refractivity (Wildman–Crippen MR) is 80.8 cm³/mol. The maximum atomic E-state index is 9.64. The lowest BCUT2D eigenvalue weighted by atomic mass is 10.1. The third kappa shape index (κ3) is 2.83. The average molecular weight is 283 g/mol. The molecule has 3 aromatic rings. The van der Waals surface area contributed by atoms with Gasteiger partial charge >= 0.3 is 0 Å². The molecule has 0 saturated heterocycles. The summed E-state index contributed by atoms with van der Waals surface area (Å²) in [5, 5.41) is 18.6. The Hall–Kier alpha value is -2.27. The molecule has 0 saturated carbocycles. The Morgan fingerprint density at radius 2 is 1.85 bits per heavy atom. The minimum atomic E-state index is 0.308. The molecular formula is C15H13N3OS. The lowest BCUT2D eigenvalue weighted by molar-refractivity contribution is 0.468. The van der Waals surface area contributed by atoms with Gasteiger partial charge in [-0.2, -0.15) is 5.11 Å². The number of aromatic hydroxyl groups is 1. The van der Waals surface area contributed by atoms with Crippen molar-refractivity contribution < 1.29 is 5.11 Å². The molecule has 5 heteroatoms. The number of azo groups is 1. The number of para-hydroxylation sites is 2. The molecule has 0 fully saturated rings. The van der Waals surface area contributed by atoms with Crippen molar-refractivity contribution in [3.05, 3.63) is 54.1 Å². The fraction of sp³-hybridized carbons (Fsp3) is 0.133. The van der Waals surface area contributed by atoms with Crippen LogP contribution in [0.1, 0.15) is 5.56 Å². The highest BCUT2D eigenvalue weighted by Gasteiger charge is 2.01. The summed E-state index contributed by atoms with van der Waals surface area (Å²) in [4.78, 5) is 4.38. The van der Waals surface area contributed by atoms with Crippen molar-refractivity contribution in [1.82, 2.24) is 4.98 Å². The van der Waals surface area contributed by atoms with E-state index in [0.717, 1.165) is 15.8 Å². The van der Waals surface area contributed by atoms with Crippen LogP contribution in [0.15, 0.2) is 58.8 Å². The molecule has 0 atom stereocenters. The zero-order valence-corrected chi connectivity index (χ0v) is 11.5. The second kappa shape index (κ2) is 5.79. The first kappa shape index (κ1) is 12.7. The van der Waals surface area contributed by atoms with Gasteiger partial charge in [-0.1, -0.05) is 41.7 Å². The van der Waals surface area contributed by atoms with Gasteiger partial charge in [0.05, 0.1) is 16.8 Å². The van der Waals surface area contributed by atoms with Gasteiger partial charge in [-0.15, -0.1) is 5.11 Å². The second-order valence-corrected chi connectivity index (χ2v) is 5.32. The number of aromatic nitrogens is 1. The van der Waals surface area contributed by atoms with Crippen LogP contribution >= 0.6 is 11.3 Å². The standard InChI is InChI=1S/C15H13N3OS/c19-13-7-3-1-5-11(13)9-10-16-18-15-17-12-6-2-4-8-14(12)20-15/h1-8,19H,9-10H2/b18-16+. The number of benzene rings is 2. The lowest BCUT2D eigenvalue weighted by Crippen LogP contribution is -1.88. The average Bonchev–Trinajstić information content (AvgIpc) is 2.88. The van der Waals surface area contributed by atoms with E-state index in [0.29, 0.717) is 23.8 Å². The largest absolute Gasteiger partial charge is 0.508 e. The van der Waals surface area contributed by atoms with Crippen molar-refractivity contribution in [2.75, 3.05) is 6.54 Å². The quantitative estimate of drug-likeness (QED) is 0.724. The predicted octanol–water partition coefficient (Wildman–Crippen LogP) is 4.33. The Bertz CT molecular complexity index is 718. The van der Waals surface area contributed by atoms with Gasteiger partial charge in [0.25, 0.3) is 0 Å². The molecule has 20 heavy (non-hydrogen) atoms. The molecule has 0 aliphatic carbocycles. The maximum absolute atomic E-state index is 9.64. The van der Waals surface area contributed by atoms with E-state index in [2.05, 4.69) is 15.2 Å². The van der Waals surface area contributed by atoms with Crippen LogP contribution < -0.4 is 0 Å². The van der Waals surface area contributed by atoms with Gasteiger partial charge in [0.2, 0.25) is 5.13 Å². The topological polar surface area (TPSA) is 57.8 Å². The summed E-state index contributed by atoms with van der Waals surface area (Å²) in [6.45, 7) is 0.535. The van der Waals surface area contributed by atoms with Crippen molar-refractivity contribution in [1.29, 1.82) is 0 Å². The summed E-state index contributed by atoms with van der Waals surface area (Å²) in [5.74, 6) is 0.308. The second-order valence-electron chi connectivity index (χ2n) is 4.31. The van der Waals surface area contributed by atoms with E-state index in [4.69, 9.17) is 0 Å². The number of rotatable bonds is 4. The third-order valence-electron chi connectivity index (χ3n) is 2.91. The number of thiazole rings is 1. The molecule has 100 valence electrons. The summed E-state index contributed by atoms with van der Waals surface area (Å²) < 4.78 is 1.11. The van der Waals surface area contributed by atoms with Crippen molar-refractivity contribution in [2.24, 2.45) is 10.2 Å². The van der Waals surface area contributed by atoms with Crippen LogP contribution in [0.25, 0.3) is 10.2 Å². The van der Waals surface area contributed by atoms with Crippen molar-refractivity contribution >= 4 is 26.7 Å². The lowest BCUT2D eigenvalue weighted by Gasteiger charge is -2.00. The summed E-state index contributed by atoms with van der Waals surface area (Å²) in [5.41, 5.74) is 1.84. The Morgan fingerprint density at radius 3 is 2.70 bits per heavy atom. The summed E-state index contributed by atoms with van der Waals surface area (Å²) in [6.07, 6.45) is 0.668. The third-order valence-corrected chi connectivity index (χ3v) is 3.83. The molecule has 0 amide bonds. The molecule has 0 unspecified atom stereocenters. The number of hydrogen-bond donors (Lipinski definition) is 1. The van der Waals surface area contributed by atoms with Gasteiger partial charge in [0.1, 0.15) is 5.75 Å². The Labute approximate surface area is 120 Å². The molecule has 3 rings (SSSR count). The highest BCUT2D eigenvalue weighted by Crippen LogP contribution is 2.27. The number of phenols is 1. The highest BCUT2D eigenvalue weighted by atomic mass is 32.1. The van der Waals surface area contributed by atoms with Crippen molar-refractivity contribution in [3.63, 3.8) is 0 Å². The smallest absolute Gasteiger partial charge is 0.230 e. The summed E-state index contributed by atoms with van der Waals surface area (Å²) in [6, 6.07) is 15.2. The molecule has 0 aliphatic heterocycles. The van der Waals surface area contributed by atoms with Gasteiger partial charge in [-0.25, -0.2) is 4.98 Å². The van der Waals surface area contributed by atoms with E-state index in [1.54, 1.807) is 6.07 Å². The van der Waals surface area contributed by atoms with Gasteiger partial charge in [-0.3, -0.25) is 0 Å². The zero-order valence-electron chi connectivity index (χ0n) is 10.7. The van der Waals surface area contributed by atoms with Crippen LogP contribution in [0, 0.1) is 0 Å². The van der Waals surface area contributed by atoms with Gasteiger partial charge in [0.15, 0.2) is 0 Å². The monoisotopic (exact) mass is 283 g/mol. The first-order chi connectivity index (χ1) is 9.83. The Balaban J connectivity index is 1.64. The molecule has 2 aromatic carbocycles. The van der Waals surface area contributed by atoms with Gasteiger partial charge < -0.3 is 5.11 Å². The molecular weight excluding hydrogens is 270 g/mol. The first-order valence-corrected chi connectivity index (χ1v) is 7.14. The number of phenolic OH excluding ortho intramolecular Hbond substituents is 1. The van der Waals surface area contributed by atoms with E-state index in [1.165, 1.54) is 11.3 Å². The molecule has 1 heterocycles. The van der Waals surface area contributed by atoms with Crippen LogP contribution in [-0.2, 0) is 6.42 Å². The Morgan fingerprint density at radius 1 is 1.05 bits per heavy atom. The van der Waals surface area contributed by atoms with Crippen LogP contribution in [0.3, 0.4) is 0 Å². The summed E-state index contributed by atoms with van der Waals surface area (Å²) >= 11 is 1.53. The molecule has 0 aliphatic rings. The number of nitrogens with zero attached hydrogens (tertiary/aromatic N) is 3. The van der Waals surface area contributed by atoms with E-state index in [9.17, 15) is 5.11 Å². The molecule has 0 radical (unpaired) electrons. The SMILES string of the molecule is Oc1ccccc1CC/N=N/c1nc2ccccc2s1. The van der Waals surface area contributed by atoms with Crippen molar-refractivity contribution in [3.8, 4) is 5.75 Å². The van der Waals surface area contributed by atoms with E-state index in [1.807, 2.05) is 42.5 Å². The van der Waals surface area contributed by atoms with E-state index >= 15 is 0 Å². The first-order valence-electron chi connectivity index (χ1n) is 6.33. The van der Waals surface area contributed by atoms with Crippen LogP contribution in [0.5, 0.6) is 5.75 Å². The van der Waals surface area contributed by atoms with Crippen LogP contribution in [0.4, 0.5) is 5.13 Å². The summed E-state index contributed by atoms with van der Waals surface area (Å²) in [7, 11) is 0. The van der Waals surface area contributed by atoms with Crippen LogP contribution in [-0.4, -0.2) is 16.6 Å². The van der Waals surface area contributed by atoms with Gasteiger partial charge in [-0.05, 0) is 30.2 Å². The molecule has 1 N–H and O–H groups in total. The number of hydrogen-bond acceptors (Lipinski definition) is 5. The zero-order chi connectivity index (χ0) is 13.8. The highest BCUT2D eigenvalue weighted by molar-refractivity contribution is 7.21. The van der Waals surface area contributed by atoms with E-state index < -0.39 is 0 Å². The minimum Gasteiger partial charge on any atom is -0.508 e. The number of fused-ring (bicyclic) bond motifs is 1. The Kier molecular flexibility index (Phi) is 3.69. The maximum Gasteiger partial charge on any atom is 0.230 e. The normalized spacial score (nSPS) is 11.4. The minimum absolute atomic E-state index is 0.308. The molecule has 4 nitrogen and oxygen atoms in total. The van der Waals surface area contributed by atoms with Crippen LogP contribution in [0.2, 0.25) is 0 Å². The molecule has 1 aromatic heterocycles. The molecule has 0 bridgehead atoms.